The van der Waals surface area contributed by atoms with Gasteiger partial charge in [-0.25, -0.2) is 0 Å². The Kier molecular flexibility index (Phi) is 5.57. The third-order valence-electron chi connectivity index (χ3n) is 4.01. The van der Waals surface area contributed by atoms with E-state index >= 15 is 0 Å². The molecule has 1 atom stereocenters. The van der Waals surface area contributed by atoms with Gasteiger partial charge < -0.3 is 15.2 Å². The summed E-state index contributed by atoms with van der Waals surface area (Å²) in [5.74, 6) is -0.313. The van der Waals surface area contributed by atoms with Crippen LogP contribution in [0.25, 0.3) is 0 Å². The van der Waals surface area contributed by atoms with Crippen LogP contribution in [0.2, 0.25) is 0 Å². The van der Waals surface area contributed by atoms with Gasteiger partial charge in [0.15, 0.2) is 5.75 Å². The number of hydrogen-bond acceptors (Lipinski definition) is 6. The fourth-order valence-corrected chi connectivity index (χ4v) is 2.88. The number of nitrogens with zero attached hydrogens (tertiary/aromatic N) is 2. The third-order valence-corrected chi connectivity index (χ3v) is 4.01. The van der Waals surface area contributed by atoms with Gasteiger partial charge in [0, 0.05) is 38.3 Å². The molecule has 126 valence electrons. The molecule has 7 nitrogen and oxygen atoms in total. The summed E-state index contributed by atoms with van der Waals surface area (Å²) in [7, 11) is 1.39. The highest BCUT2D eigenvalue weighted by Crippen LogP contribution is 2.40. The van der Waals surface area contributed by atoms with E-state index < -0.39 is 10.7 Å². The van der Waals surface area contributed by atoms with E-state index in [1.807, 2.05) is 6.92 Å². The van der Waals surface area contributed by atoms with Crippen molar-refractivity contribution in [3.63, 3.8) is 0 Å². The molecule has 0 spiro atoms. The monoisotopic (exact) mass is 321 g/mol. The molecule has 0 bridgehead atoms. The fraction of sp³-hybridized carbons (Fsp3) is 0.500. The first kappa shape index (κ1) is 17.2. The van der Waals surface area contributed by atoms with Crippen molar-refractivity contribution in [1.82, 2.24) is 10.2 Å². The number of phenols is 1. The summed E-state index contributed by atoms with van der Waals surface area (Å²) in [6.45, 7) is 9.39. The van der Waals surface area contributed by atoms with E-state index in [4.69, 9.17) is 4.74 Å². The second-order valence-electron chi connectivity index (χ2n) is 5.81. The molecule has 0 unspecified atom stereocenters. The first-order valence-corrected chi connectivity index (χ1v) is 7.58. The van der Waals surface area contributed by atoms with Gasteiger partial charge in [0.05, 0.1) is 12.0 Å². The second-order valence-corrected chi connectivity index (χ2v) is 5.81. The van der Waals surface area contributed by atoms with Crippen LogP contribution in [0.3, 0.4) is 0 Å². The highest BCUT2D eigenvalue weighted by molar-refractivity contribution is 5.57. The summed E-state index contributed by atoms with van der Waals surface area (Å²) in [5.41, 5.74) is 1.43. The molecule has 0 radical (unpaired) electrons. The lowest BCUT2D eigenvalue weighted by atomic mass is 9.97. The molecule has 0 aromatic heterocycles. The lowest BCUT2D eigenvalue weighted by Gasteiger charge is -2.35. The van der Waals surface area contributed by atoms with Gasteiger partial charge in [0.1, 0.15) is 0 Å². The molecule has 0 saturated carbocycles. The Balaban J connectivity index is 2.46. The van der Waals surface area contributed by atoms with E-state index in [0.29, 0.717) is 6.42 Å². The smallest absolute Gasteiger partial charge is 0.314 e. The van der Waals surface area contributed by atoms with E-state index in [0.717, 1.165) is 37.3 Å². The Morgan fingerprint density at radius 2 is 2.17 bits per heavy atom. The normalized spacial score (nSPS) is 16.8. The average molecular weight is 321 g/mol. The zero-order valence-electron chi connectivity index (χ0n) is 13.5. The summed E-state index contributed by atoms with van der Waals surface area (Å²) in [6.07, 6.45) is 0.699. The van der Waals surface area contributed by atoms with Crippen molar-refractivity contribution in [3.8, 4) is 11.5 Å². The van der Waals surface area contributed by atoms with Crippen LogP contribution in [0.1, 0.15) is 24.9 Å². The van der Waals surface area contributed by atoms with Crippen molar-refractivity contribution < 1.29 is 14.8 Å². The first-order valence-electron chi connectivity index (χ1n) is 7.58. The molecule has 1 aromatic carbocycles. The van der Waals surface area contributed by atoms with Gasteiger partial charge in [-0.05, 0) is 25.0 Å². The van der Waals surface area contributed by atoms with E-state index in [2.05, 4.69) is 16.8 Å². The highest BCUT2D eigenvalue weighted by atomic mass is 16.6. The molecule has 1 aromatic rings. The topological polar surface area (TPSA) is 87.9 Å². The molecule has 1 aliphatic heterocycles. The predicted octanol–water partition coefficient (Wildman–Crippen LogP) is 2.22. The Labute approximate surface area is 135 Å². The molecule has 0 aliphatic carbocycles. The number of piperazine rings is 1. The molecule has 1 fully saturated rings. The zero-order chi connectivity index (χ0) is 17.0. The van der Waals surface area contributed by atoms with Crippen LogP contribution >= 0.6 is 0 Å². The lowest BCUT2D eigenvalue weighted by molar-refractivity contribution is -0.386. The largest absolute Gasteiger partial charge is 0.500 e. The summed E-state index contributed by atoms with van der Waals surface area (Å²) in [4.78, 5) is 12.9. The van der Waals surface area contributed by atoms with E-state index in [1.165, 1.54) is 13.2 Å². The molecular formula is C16H23N3O4. The van der Waals surface area contributed by atoms with Crippen LogP contribution in [0, 0.1) is 10.1 Å². The summed E-state index contributed by atoms with van der Waals surface area (Å²) >= 11 is 0. The minimum Gasteiger partial charge on any atom is -0.500 e. The number of methoxy groups -OCH3 is 1. The summed E-state index contributed by atoms with van der Waals surface area (Å²) < 4.78 is 5.11. The van der Waals surface area contributed by atoms with E-state index in [9.17, 15) is 15.2 Å². The van der Waals surface area contributed by atoms with Gasteiger partial charge in [-0.15, -0.1) is 6.58 Å². The Morgan fingerprint density at radius 1 is 1.52 bits per heavy atom. The van der Waals surface area contributed by atoms with Gasteiger partial charge in [-0.2, -0.15) is 0 Å². The molecule has 1 aliphatic rings. The van der Waals surface area contributed by atoms with Crippen LogP contribution in [0.5, 0.6) is 11.5 Å². The van der Waals surface area contributed by atoms with Crippen molar-refractivity contribution in [2.75, 3.05) is 33.3 Å². The Morgan fingerprint density at radius 3 is 2.70 bits per heavy atom. The molecule has 23 heavy (non-hydrogen) atoms. The minimum atomic E-state index is -0.586. The van der Waals surface area contributed by atoms with Gasteiger partial charge >= 0.3 is 5.69 Å². The minimum absolute atomic E-state index is 0.0252. The number of phenolic OH excluding ortho intramolecular Hbond substituents is 1. The SMILES string of the molecule is C=C(C)C[C@H](c1cc(OC)c(O)c([N+](=O)[O-])c1)N1CCNCC1. The molecule has 1 heterocycles. The lowest BCUT2D eigenvalue weighted by Crippen LogP contribution is -2.45. The van der Waals surface area contributed by atoms with Crippen LogP contribution in [0.15, 0.2) is 24.3 Å². The van der Waals surface area contributed by atoms with Crippen LogP contribution in [-0.2, 0) is 0 Å². The van der Waals surface area contributed by atoms with Crippen molar-refractivity contribution >= 4 is 5.69 Å². The quantitative estimate of drug-likeness (QED) is 0.474. The van der Waals surface area contributed by atoms with Gasteiger partial charge in [-0.1, -0.05) is 5.57 Å². The number of benzene rings is 1. The molecular weight excluding hydrogens is 298 g/mol. The number of ether oxygens (including phenoxy) is 1. The standard InChI is InChI=1S/C16H23N3O4/c1-11(2)8-13(18-6-4-17-5-7-18)12-9-14(19(21)22)16(20)15(10-12)23-3/h9-10,13,17,20H,1,4-8H2,2-3H3/t13-/m1/s1. The number of aromatic hydroxyl groups is 1. The molecule has 7 heteroatoms. The number of hydrogen-bond donors (Lipinski definition) is 2. The third kappa shape index (κ3) is 4.00. The number of rotatable bonds is 6. The van der Waals surface area contributed by atoms with Crippen molar-refractivity contribution in [1.29, 1.82) is 0 Å². The molecule has 1 saturated heterocycles. The Hall–Kier alpha value is -2.12. The maximum Gasteiger partial charge on any atom is 0.314 e. The van der Waals surface area contributed by atoms with Gasteiger partial charge in [-0.3, -0.25) is 15.0 Å². The van der Waals surface area contributed by atoms with Crippen LogP contribution in [0.4, 0.5) is 5.69 Å². The molecule has 0 amide bonds. The number of nitro groups is 1. The van der Waals surface area contributed by atoms with Gasteiger partial charge in [0.2, 0.25) is 5.75 Å². The average Bonchev–Trinajstić information content (AvgIpc) is 2.53. The Bertz CT molecular complexity index is 597. The highest BCUT2D eigenvalue weighted by Gasteiger charge is 2.27. The van der Waals surface area contributed by atoms with E-state index in [1.54, 1.807) is 6.07 Å². The maximum atomic E-state index is 11.2. The molecule has 2 rings (SSSR count). The first-order chi connectivity index (χ1) is 10.9. The van der Waals surface area contributed by atoms with Crippen molar-refractivity contribution in [2.45, 2.75) is 19.4 Å². The van der Waals surface area contributed by atoms with E-state index in [-0.39, 0.29) is 17.5 Å². The molecule has 2 N–H and O–H groups in total. The number of nitro benzene ring substituents is 1. The number of nitrogens with one attached hydrogen (secondary N) is 1. The second kappa shape index (κ2) is 7.43. The summed E-state index contributed by atoms with van der Waals surface area (Å²) in [5, 5.41) is 24.5. The fourth-order valence-electron chi connectivity index (χ4n) is 2.88. The predicted molar refractivity (Wildman–Crippen MR) is 87.9 cm³/mol. The van der Waals surface area contributed by atoms with Gasteiger partial charge in [0.25, 0.3) is 0 Å². The zero-order valence-corrected chi connectivity index (χ0v) is 13.5. The van der Waals surface area contributed by atoms with Crippen LogP contribution in [-0.4, -0.2) is 48.2 Å². The maximum absolute atomic E-state index is 11.2. The van der Waals surface area contributed by atoms with Crippen molar-refractivity contribution in [3.05, 3.63) is 40.0 Å². The van der Waals surface area contributed by atoms with Crippen LogP contribution < -0.4 is 10.1 Å². The van der Waals surface area contributed by atoms with Crippen molar-refractivity contribution in [2.24, 2.45) is 0 Å². The summed E-state index contributed by atoms with van der Waals surface area (Å²) in [6, 6.07) is 3.09.